The number of hydrogen-bond donors (Lipinski definition) is 0. The quantitative estimate of drug-likeness (QED) is 0.0944. The molecule has 0 saturated heterocycles. The molecule has 0 fully saturated rings. The van der Waals surface area contributed by atoms with E-state index in [1.165, 1.54) is 103 Å². The van der Waals surface area contributed by atoms with Crippen LogP contribution >= 0.6 is 0 Å². The first-order valence-corrected chi connectivity index (χ1v) is 27.5. The van der Waals surface area contributed by atoms with E-state index in [0.29, 0.717) is 0 Å². The lowest BCUT2D eigenvalue weighted by molar-refractivity contribution is 1.21. The molecule has 2 heteroatoms. The summed E-state index contributed by atoms with van der Waals surface area (Å²) in [7, 11) is 0.196. The highest BCUT2D eigenvalue weighted by molar-refractivity contribution is 7.10. The lowest BCUT2D eigenvalue weighted by Gasteiger charge is -2.29. The molecule has 13 rings (SSSR count). The zero-order chi connectivity index (χ0) is 49.3. The van der Waals surface area contributed by atoms with Gasteiger partial charge in [0.2, 0.25) is 0 Å². The topological polar surface area (TPSA) is 3.24 Å². The van der Waals surface area contributed by atoms with Crippen LogP contribution in [0, 0.1) is 13.8 Å². The molecule has 0 radical (unpaired) electrons. The molecule has 348 valence electrons. The van der Waals surface area contributed by atoms with Gasteiger partial charge in [-0.3, -0.25) is 0 Å². The fraction of sp³-hybridized carbons (Fsp3) is 0.0571. The molecule has 0 bridgehead atoms. The number of nitrogens with zero attached hydrogens (tertiary/aromatic N) is 1. The fourth-order valence-corrected chi connectivity index (χ4v) is 13.9. The van der Waals surface area contributed by atoms with Crippen LogP contribution in [0.25, 0.3) is 64.6 Å². The van der Waals surface area contributed by atoms with Crippen molar-refractivity contribution in [3.63, 3.8) is 0 Å². The summed E-state index contributed by atoms with van der Waals surface area (Å²) in [6.07, 6.45) is 0. The monoisotopic (exact) mass is 941 g/mol. The molecule has 0 aliphatic heterocycles. The van der Waals surface area contributed by atoms with Gasteiger partial charge in [0, 0.05) is 18.4 Å². The van der Waals surface area contributed by atoms with Gasteiger partial charge in [-0.2, -0.15) is 0 Å². The minimum absolute atomic E-state index is 1.21. The van der Waals surface area contributed by atoms with Crippen molar-refractivity contribution in [1.82, 2.24) is 0 Å². The van der Waals surface area contributed by atoms with Gasteiger partial charge >= 0.3 is 0 Å². The lowest BCUT2D eigenvalue weighted by Crippen LogP contribution is -2.64. The van der Waals surface area contributed by atoms with E-state index in [-0.39, 0.29) is 0 Å². The van der Waals surface area contributed by atoms with Gasteiger partial charge in [0.1, 0.15) is 8.07 Å². The SMILES string of the molecule is CN(c1ccccc1)c1ccccc1.C[Si](c1ccccc1)(c1ccccc1)c1ccccc1.Cc1ccc2c3ccccc3c3ccccc3c2c1.Cc1ccc2c3ccccc3c3ccccc3c2c1. The van der Waals surface area contributed by atoms with Crippen LogP contribution in [-0.4, -0.2) is 15.1 Å². The minimum atomic E-state index is -1.88. The van der Waals surface area contributed by atoms with E-state index in [2.05, 4.69) is 305 Å². The van der Waals surface area contributed by atoms with E-state index in [1.807, 2.05) is 12.1 Å². The van der Waals surface area contributed by atoms with Gasteiger partial charge in [-0.15, -0.1) is 0 Å². The Morgan fingerprint density at radius 3 is 0.708 bits per heavy atom. The third-order valence-electron chi connectivity index (χ3n) is 14.1. The summed E-state index contributed by atoms with van der Waals surface area (Å²) in [5.41, 5.74) is 5.04. The Bertz CT molecular complexity index is 3530. The maximum Gasteiger partial charge on any atom is 0.145 e. The van der Waals surface area contributed by atoms with Crippen LogP contribution in [0.2, 0.25) is 6.55 Å². The molecule has 1 nitrogen and oxygen atoms in total. The number of para-hydroxylation sites is 2. The largest absolute Gasteiger partial charge is 0.345 e. The van der Waals surface area contributed by atoms with Crippen LogP contribution in [0.5, 0.6) is 0 Å². The van der Waals surface area contributed by atoms with Gasteiger partial charge in [-0.05, 0) is 118 Å². The van der Waals surface area contributed by atoms with Crippen LogP contribution in [0.1, 0.15) is 11.1 Å². The maximum absolute atomic E-state index is 2.44. The Morgan fingerprint density at radius 1 is 0.236 bits per heavy atom. The molecule has 0 spiro atoms. The van der Waals surface area contributed by atoms with E-state index in [0.717, 1.165) is 0 Å². The number of rotatable bonds is 5. The third-order valence-corrected chi connectivity index (χ3v) is 18.6. The van der Waals surface area contributed by atoms with E-state index >= 15 is 0 Å². The molecule has 0 aliphatic carbocycles. The van der Waals surface area contributed by atoms with Crippen molar-refractivity contribution in [3.05, 3.63) is 296 Å². The molecule has 0 aromatic heterocycles. The van der Waals surface area contributed by atoms with Crippen molar-refractivity contribution in [2.75, 3.05) is 11.9 Å². The van der Waals surface area contributed by atoms with Crippen LogP contribution in [0.3, 0.4) is 0 Å². The summed E-state index contributed by atoms with van der Waals surface area (Å²) in [5, 5.41) is 20.5. The molecule has 0 amide bonds. The zero-order valence-electron chi connectivity index (χ0n) is 41.6. The zero-order valence-corrected chi connectivity index (χ0v) is 42.6. The van der Waals surface area contributed by atoms with Crippen LogP contribution in [-0.2, 0) is 0 Å². The van der Waals surface area contributed by atoms with Gasteiger partial charge in [-0.25, -0.2) is 0 Å². The van der Waals surface area contributed by atoms with E-state index in [9.17, 15) is 0 Å². The second-order valence-electron chi connectivity index (χ2n) is 18.7. The molecule has 13 aromatic carbocycles. The second kappa shape index (κ2) is 21.6. The van der Waals surface area contributed by atoms with E-state index < -0.39 is 8.07 Å². The Kier molecular flexibility index (Phi) is 14.1. The Labute approximate surface area is 425 Å². The molecule has 0 atom stereocenters. The van der Waals surface area contributed by atoms with Crippen molar-refractivity contribution < 1.29 is 0 Å². The Hall–Kier alpha value is -8.56. The summed E-state index contributed by atoms with van der Waals surface area (Å²) < 4.78 is 0. The molecule has 0 unspecified atom stereocenters. The van der Waals surface area contributed by atoms with Crippen molar-refractivity contribution in [1.29, 1.82) is 0 Å². The predicted octanol–water partition coefficient (Wildman–Crippen LogP) is 17.2. The predicted molar refractivity (Wildman–Crippen MR) is 318 cm³/mol. The molecule has 0 N–H and O–H groups in total. The maximum atomic E-state index is 2.44. The van der Waals surface area contributed by atoms with Gasteiger partial charge in [0.25, 0.3) is 0 Å². The summed E-state index contributed by atoms with van der Waals surface area (Å²) in [6, 6.07) is 102. The molecular formula is C70H59NSi. The third kappa shape index (κ3) is 9.79. The lowest BCUT2D eigenvalue weighted by atomic mass is 9.93. The minimum Gasteiger partial charge on any atom is -0.345 e. The van der Waals surface area contributed by atoms with Crippen LogP contribution < -0.4 is 20.5 Å². The summed E-state index contributed by atoms with van der Waals surface area (Å²) in [5.74, 6) is 0. The summed E-state index contributed by atoms with van der Waals surface area (Å²) in [4.78, 5) is 2.17. The van der Waals surface area contributed by atoms with Gasteiger partial charge in [0.05, 0.1) is 0 Å². The molecular weight excluding hydrogens is 883 g/mol. The number of benzene rings is 13. The fourth-order valence-electron chi connectivity index (χ4n) is 10.3. The highest BCUT2D eigenvalue weighted by Gasteiger charge is 2.33. The van der Waals surface area contributed by atoms with Gasteiger partial charge < -0.3 is 4.90 Å². The molecule has 72 heavy (non-hydrogen) atoms. The highest BCUT2D eigenvalue weighted by atomic mass is 28.3. The second-order valence-corrected chi connectivity index (χ2v) is 22.7. The van der Waals surface area contributed by atoms with Crippen LogP contribution in [0.15, 0.2) is 285 Å². The normalized spacial score (nSPS) is 11.1. The number of anilines is 2. The molecule has 13 aromatic rings. The van der Waals surface area contributed by atoms with Crippen molar-refractivity contribution in [2.24, 2.45) is 0 Å². The van der Waals surface area contributed by atoms with Crippen molar-refractivity contribution >= 4 is 99.6 Å². The number of fused-ring (bicyclic) bond motifs is 12. The standard InChI is InChI=1S/C19H18Si.2C19H14.C13H13N/c1-20(17-11-5-2-6-12-17,18-13-7-3-8-14-18)19-15-9-4-10-16-19;2*1-13-10-11-18-16-8-3-2-6-14(16)15-7-4-5-9-17(15)19(18)12-13;1-14(12-8-4-2-5-9-12)13-10-6-3-7-11-13/h2-16H,1H3;2*2-12H,1H3;2-11H,1H3. The summed E-state index contributed by atoms with van der Waals surface area (Å²) >= 11 is 0. The Morgan fingerprint density at radius 2 is 0.444 bits per heavy atom. The average molecular weight is 942 g/mol. The van der Waals surface area contributed by atoms with Gasteiger partial charge in [-0.1, -0.05) is 279 Å². The first-order valence-electron chi connectivity index (χ1n) is 25.0. The number of aryl methyl sites for hydroxylation is 2. The van der Waals surface area contributed by atoms with E-state index in [1.54, 1.807) is 0 Å². The van der Waals surface area contributed by atoms with Crippen LogP contribution in [0.4, 0.5) is 11.4 Å². The molecule has 0 saturated carbocycles. The van der Waals surface area contributed by atoms with Crippen molar-refractivity contribution in [2.45, 2.75) is 20.4 Å². The first kappa shape index (κ1) is 47.1. The smallest absolute Gasteiger partial charge is 0.145 e. The van der Waals surface area contributed by atoms with E-state index in [4.69, 9.17) is 0 Å². The van der Waals surface area contributed by atoms with Gasteiger partial charge in [0.15, 0.2) is 0 Å². The number of hydrogen-bond acceptors (Lipinski definition) is 1. The average Bonchev–Trinajstić information content (AvgIpc) is 3.46. The molecule has 0 aliphatic rings. The highest BCUT2D eigenvalue weighted by Crippen LogP contribution is 2.36. The van der Waals surface area contributed by atoms with Crippen molar-refractivity contribution in [3.8, 4) is 0 Å². The first-order chi connectivity index (χ1) is 35.4. The Balaban J connectivity index is 0.000000111. The molecule has 0 heterocycles. The summed E-state index contributed by atoms with van der Waals surface area (Å²) in [6.45, 7) is 6.75.